The molecule has 164 valence electrons. The van der Waals surface area contributed by atoms with E-state index in [0.29, 0.717) is 22.7 Å². The second-order valence-electron chi connectivity index (χ2n) is 7.46. The highest BCUT2D eigenvalue weighted by Gasteiger charge is 2.36. The molecular weight excluding hydrogens is 370 g/mol. The topological polar surface area (TPSA) is 73.3 Å². The molecular formula is C22H37N3O4. The minimum atomic E-state index is 0.310. The van der Waals surface area contributed by atoms with E-state index < -0.39 is 0 Å². The Labute approximate surface area is 175 Å². The number of aliphatic imine (C=N–C) groups is 1. The van der Waals surface area contributed by atoms with Gasteiger partial charge in [-0.3, -0.25) is 4.99 Å². The summed E-state index contributed by atoms with van der Waals surface area (Å²) in [4.78, 5) is 4.86. The molecule has 1 aliphatic rings. The SMILES string of the molecule is CCNC(=NCC1(CCOC)CCC1)NCCc1ccc(OC)c(OC)c1OC. The molecule has 2 rings (SSSR count). The third kappa shape index (κ3) is 6.16. The van der Waals surface area contributed by atoms with Gasteiger partial charge >= 0.3 is 0 Å². The molecule has 0 heterocycles. The maximum Gasteiger partial charge on any atom is 0.203 e. The summed E-state index contributed by atoms with van der Waals surface area (Å²) < 4.78 is 21.7. The molecule has 7 heteroatoms. The van der Waals surface area contributed by atoms with E-state index >= 15 is 0 Å². The van der Waals surface area contributed by atoms with E-state index in [0.717, 1.165) is 50.6 Å². The summed E-state index contributed by atoms with van der Waals surface area (Å²) in [5.74, 6) is 2.86. The maximum atomic E-state index is 5.58. The number of ether oxygens (including phenoxy) is 4. The van der Waals surface area contributed by atoms with Crippen LogP contribution in [0.15, 0.2) is 17.1 Å². The lowest BCUT2D eigenvalue weighted by Crippen LogP contribution is -2.41. The number of rotatable bonds is 12. The average Bonchev–Trinajstić information content (AvgIpc) is 2.71. The Kier molecular flexibility index (Phi) is 9.38. The second kappa shape index (κ2) is 11.8. The number of hydrogen-bond acceptors (Lipinski definition) is 5. The number of guanidine groups is 1. The zero-order valence-electron chi connectivity index (χ0n) is 18.6. The molecule has 0 spiro atoms. The first-order valence-corrected chi connectivity index (χ1v) is 10.4. The van der Waals surface area contributed by atoms with Gasteiger partial charge in [0.2, 0.25) is 5.75 Å². The Balaban J connectivity index is 1.99. The maximum absolute atomic E-state index is 5.58. The third-order valence-electron chi connectivity index (χ3n) is 5.64. The van der Waals surface area contributed by atoms with Crippen LogP contribution in [0.4, 0.5) is 0 Å². The van der Waals surface area contributed by atoms with E-state index in [2.05, 4.69) is 17.6 Å². The van der Waals surface area contributed by atoms with Gasteiger partial charge in [-0.2, -0.15) is 0 Å². The lowest BCUT2D eigenvalue weighted by Gasteiger charge is -2.40. The van der Waals surface area contributed by atoms with Gasteiger partial charge < -0.3 is 29.6 Å². The molecule has 1 fully saturated rings. The summed E-state index contributed by atoms with van der Waals surface area (Å²) in [6.07, 6.45) is 5.63. The van der Waals surface area contributed by atoms with Gasteiger partial charge in [-0.05, 0) is 44.1 Å². The highest BCUT2D eigenvalue weighted by Crippen LogP contribution is 2.44. The van der Waals surface area contributed by atoms with Crippen LogP contribution < -0.4 is 24.8 Å². The zero-order chi connectivity index (χ0) is 21.1. The van der Waals surface area contributed by atoms with Crippen molar-refractivity contribution in [2.24, 2.45) is 10.4 Å². The van der Waals surface area contributed by atoms with Gasteiger partial charge in [0.25, 0.3) is 0 Å². The van der Waals surface area contributed by atoms with E-state index in [1.807, 2.05) is 12.1 Å². The van der Waals surface area contributed by atoms with Crippen molar-refractivity contribution in [2.75, 3.05) is 54.7 Å². The standard InChI is InChI=1S/C22H37N3O4/c1-6-23-21(25-16-22(11-7-12-22)13-15-26-2)24-14-10-17-8-9-18(27-3)20(29-5)19(17)28-4/h8-9H,6-7,10-16H2,1-5H3,(H2,23,24,25). The summed E-state index contributed by atoms with van der Waals surface area (Å²) in [7, 11) is 6.67. The molecule has 0 aliphatic heterocycles. The molecule has 1 aromatic carbocycles. The van der Waals surface area contributed by atoms with Gasteiger partial charge in [0, 0.05) is 38.9 Å². The number of nitrogens with one attached hydrogen (secondary N) is 2. The van der Waals surface area contributed by atoms with E-state index in [4.69, 9.17) is 23.9 Å². The summed E-state index contributed by atoms with van der Waals surface area (Å²) >= 11 is 0. The highest BCUT2D eigenvalue weighted by atomic mass is 16.5. The van der Waals surface area contributed by atoms with Crippen molar-refractivity contribution in [3.8, 4) is 17.2 Å². The molecule has 1 saturated carbocycles. The Hall–Kier alpha value is -2.15. The van der Waals surface area contributed by atoms with Gasteiger partial charge in [-0.15, -0.1) is 0 Å². The predicted octanol–water partition coefficient (Wildman–Crippen LogP) is 3.02. The molecule has 2 N–H and O–H groups in total. The van der Waals surface area contributed by atoms with E-state index in [-0.39, 0.29) is 0 Å². The van der Waals surface area contributed by atoms with Crippen molar-refractivity contribution >= 4 is 5.96 Å². The predicted molar refractivity (Wildman–Crippen MR) is 117 cm³/mol. The van der Waals surface area contributed by atoms with Gasteiger partial charge in [-0.25, -0.2) is 0 Å². The Morgan fingerprint density at radius 3 is 2.34 bits per heavy atom. The third-order valence-corrected chi connectivity index (χ3v) is 5.64. The summed E-state index contributed by atoms with van der Waals surface area (Å²) in [6, 6.07) is 3.92. The van der Waals surface area contributed by atoms with E-state index in [1.54, 1.807) is 28.4 Å². The Morgan fingerprint density at radius 2 is 1.79 bits per heavy atom. The van der Waals surface area contributed by atoms with Crippen molar-refractivity contribution in [3.05, 3.63) is 17.7 Å². The summed E-state index contributed by atoms with van der Waals surface area (Å²) in [5.41, 5.74) is 1.37. The van der Waals surface area contributed by atoms with Gasteiger partial charge in [0.1, 0.15) is 0 Å². The monoisotopic (exact) mass is 407 g/mol. The minimum Gasteiger partial charge on any atom is -0.493 e. The van der Waals surface area contributed by atoms with Crippen LogP contribution in [0.2, 0.25) is 0 Å². The molecule has 0 unspecified atom stereocenters. The largest absolute Gasteiger partial charge is 0.493 e. The van der Waals surface area contributed by atoms with Gasteiger partial charge in [0.15, 0.2) is 17.5 Å². The van der Waals surface area contributed by atoms with Crippen LogP contribution in [0.25, 0.3) is 0 Å². The first-order valence-electron chi connectivity index (χ1n) is 10.4. The fraction of sp³-hybridized carbons (Fsp3) is 0.682. The molecule has 1 aromatic rings. The van der Waals surface area contributed by atoms with E-state index in [9.17, 15) is 0 Å². The van der Waals surface area contributed by atoms with Crippen LogP contribution in [0.5, 0.6) is 17.2 Å². The molecule has 0 bridgehead atoms. The molecule has 1 aliphatic carbocycles. The van der Waals surface area contributed by atoms with E-state index in [1.165, 1.54) is 19.3 Å². The fourth-order valence-electron chi connectivity index (χ4n) is 3.75. The molecule has 0 amide bonds. The molecule has 0 aromatic heterocycles. The zero-order valence-corrected chi connectivity index (χ0v) is 18.6. The molecule has 0 atom stereocenters. The van der Waals surface area contributed by atoms with Crippen molar-refractivity contribution in [1.82, 2.24) is 10.6 Å². The normalized spacial score (nSPS) is 15.4. The average molecular weight is 408 g/mol. The smallest absolute Gasteiger partial charge is 0.203 e. The molecule has 0 radical (unpaired) electrons. The van der Waals surface area contributed by atoms with Crippen molar-refractivity contribution in [2.45, 2.75) is 39.0 Å². The quantitative estimate of drug-likeness (QED) is 0.410. The summed E-state index contributed by atoms with van der Waals surface area (Å²) in [6.45, 7) is 5.29. The van der Waals surface area contributed by atoms with Crippen LogP contribution in [-0.2, 0) is 11.2 Å². The van der Waals surface area contributed by atoms with Gasteiger partial charge in [0.05, 0.1) is 21.3 Å². The minimum absolute atomic E-state index is 0.310. The molecule has 29 heavy (non-hydrogen) atoms. The second-order valence-corrected chi connectivity index (χ2v) is 7.46. The lowest BCUT2D eigenvalue weighted by atomic mass is 9.67. The van der Waals surface area contributed by atoms with Crippen LogP contribution >= 0.6 is 0 Å². The number of nitrogens with zero attached hydrogens (tertiary/aromatic N) is 1. The van der Waals surface area contributed by atoms with Crippen molar-refractivity contribution < 1.29 is 18.9 Å². The van der Waals surface area contributed by atoms with Crippen LogP contribution in [0.3, 0.4) is 0 Å². The highest BCUT2D eigenvalue weighted by molar-refractivity contribution is 5.79. The van der Waals surface area contributed by atoms with Crippen LogP contribution in [0.1, 0.15) is 38.2 Å². The van der Waals surface area contributed by atoms with Crippen molar-refractivity contribution in [3.63, 3.8) is 0 Å². The van der Waals surface area contributed by atoms with Crippen molar-refractivity contribution in [1.29, 1.82) is 0 Å². The first-order chi connectivity index (χ1) is 14.1. The lowest BCUT2D eigenvalue weighted by molar-refractivity contribution is 0.0778. The Morgan fingerprint density at radius 1 is 1.03 bits per heavy atom. The number of hydrogen-bond donors (Lipinski definition) is 2. The van der Waals surface area contributed by atoms with Gasteiger partial charge in [-0.1, -0.05) is 12.5 Å². The first kappa shape index (κ1) is 23.1. The summed E-state index contributed by atoms with van der Waals surface area (Å²) in [5, 5.41) is 6.79. The Bertz CT molecular complexity index is 660. The molecule has 0 saturated heterocycles. The molecule has 7 nitrogen and oxygen atoms in total. The fourth-order valence-corrected chi connectivity index (χ4v) is 3.75. The van der Waals surface area contributed by atoms with Crippen LogP contribution in [0, 0.1) is 5.41 Å². The van der Waals surface area contributed by atoms with Crippen LogP contribution in [-0.4, -0.2) is 60.6 Å². The number of benzene rings is 1. The number of methoxy groups -OCH3 is 4.